The van der Waals surface area contributed by atoms with E-state index >= 15 is 0 Å². The molecule has 4 aromatic rings. The summed E-state index contributed by atoms with van der Waals surface area (Å²) in [7, 11) is 4.19. The summed E-state index contributed by atoms with van der Waals surface area (Å²) in [6.45, 7) is 6.52. The molecule has 0 bridgehead atoms. The number of aryl methyl sites for hydroxylation is 2. The van der Waals surface area contributed by atoms with Crippen LogP contribution in [-0.4, -0.2) is 49.7 Å². The van der Waals surface area contributed by atoms with Gasteiger partial charge in [0.1, 0.15) is 24.3 Å². The molecule has 29 heavy (non-hydrogen) atoms. The average Bonchev–Trinajstić information content (AvgIpc) is 3.21. The average molecular weight is 413 g/mol. The van der Waals surface area contributed by atoms with Crippen LogP contribution in [0.2, 0.25) is 5.02 Å². The highest BCUT2D eigenvalue weighted by atomic mass is 35.5. The van der Waals surface area contributed by atoms with E-state index in [9.17, 15) is 0 Å². The summed E-state index contributed by atoms with van der Waals surface area (Å²) in [6, 6.07) is 7.26. The van der Waals surface area contributed by atoms with Gasteiger partial charge >= 0.3 is 0 Å². The first-order valence-electron chi connectivity index (χ1n) is 9.67. The minimum atomic E-state index is 0.284. The third kappa shape index (κ3) is 3.93. The van der Waals surface area contributed by atoms with Gasteiger partial charge in [0.2, 0.25) is 0 Å². The third-order valence-corrected chi connectivity index (χ3v) is 5.41. The van der Waals surface area contributed by atoms with Gasteiger partial charge in [0.25, 0.3) is 0 Å². The molecule has 0 aliphatic heterocycles. The first-order valence-corrected chi connectivity index (χ1v) is 10.0. The number of halogens is 1. The molecule has 0 aliphatic carbocycles. The summed E-state index contributed by atoms with van der Waals surface area (Å²) in [4.78, 5) is 11.6. The molecular formula is C21H25ClN6O. The first-order chi connectivity index (χ1) is 13.9. The fraction of sp³-hybridized carbons (Fsp3) is 0.381. The molecule has 0 saturated heterocycles. The van der Waals surface area contributed by atoms with Crippen molar-refractivity contribution in [2.75, 3.05) is 20.6 Å². The number of ether oxygens (including phenoxy) is 1. The predicted octanol–water partition coefficient (Wildman–Crippen LogP) is 3.88. The molecular weight excluding hydrogens is 388 g/mol. The molecule has 0 N–H and O–H groups in total. The van der Waals surface area contributed by atoms with Gasteiger partial charge in [-0.25, -0.2) is 14.5 Å². The van der Waals surface area contributed by atoms with Gasteiger partial charge in [-0.3, -0.25) is 0 Å². The van der Waals surface area contributed by atoms with Gasteiger partial charge in [-0.15, -0.1) is 5.10 Å². The molecule has 4 rings (SSSR count). The zero-order valence-corrected chi connectivity index (χ0v) is 17.9. The Bertz CT molecular complexity index is 1150. The Morgan fingerprint density at radius 1 is 1.10 bits per heavy atom. The molecule has 1 aromatic carbocycles. The molecule has 152 valence electrons. The SMILES string of the molecule is Cc1c(C)n(CCCN(C)C)c2ncn3nc(COc4ccc(Cl)cc4)nc3c12. The first kappa shape index (κ1) is 19.7. The lowest BCUT2D eigenvalue weighted by atomic mass is 10.2. The van der Waals surface area contributed by atoms with Crippen molar-refractivity contribution < 1.29 is 4.74 Å². The Morgan fingerprint density at radius 2 is 1.86 bits per heavy atom. The van der Waals surface area contributed by atoms with Crippen molar-refractivity contribution in [3.05, 3.63) is 52.7 Å². The van der Waals surface area contributed by atoms with Crippen molar-refractivity contribution in [2.45, 2.75) is 33.4 Å². The molecule has 0 fully saturated rings. The summed E-state index contributed by atoms with van der Waals surface area (Å²) in [6.07, 6.45) is 2.80. The highest BCUT2D eigenvalue weighted by Gasteiger charge is 2.18. The van der Waals surface area contributed by atoms with Crippen molar-refractivity contribution in [3.8, 4) is 5.75 Å². The van der Waals surface area contributed by atoms with E-state index in [1.54, 1.807) is 23.0 Å². The number of hydrogen-bond donors (Lipinski definition) is 0. The lowest BCUT2D eigenvalue weighted by Crippen LogP contribution is -2.15. The van der Waals surface area contributed by atoms with Crippen LogP contribution < -0.4 is 4.74 Å². The Labute approximate surface area is 174 Å². The van der Waals surface area contributed by atoms with Gasteiger partial charge in [-0.1, -0.05) is 11.6 Å². The van der Waals surface area contributed by atoms with Crippen molar-refractivity contribution in [3.63, 3.8) is 0 Å². The van der Waals surface area contributed by atoms with Crippen LogP contribution in [0.15, 0.2) is 30.6 Å². The molecule has 3 heterocycles. The summed E-state index contributed by atoms with van der Waals surface area (Å²) < 4.78 is 9.82. The highest BCUT2D eigenvalue weighted by Crippen LogP contribution is 2.27. The van der Waals surface area contributed by atoms with Crippen LogP contribution in [0.1, 0.15) is 23.5 Å². The summed E-state index contributed by atoms with van der Waals surface area (Å²) in [5, 5.41) is 6.27. The largest absolute Gasteiger partial charge is 0.486 e. The molecule has 0 spiro atoms. The number of fused-ring (bicyclic) bond motifs is 3. The molecule has 0 unspecified atom stereocenters. The van der Waals surface area contributed by atoms with Gasteiger partial charge in [0, 0.05) is 17.3 Å². The standard InChI is InChI=1S/C21H25ClN6O/c1-14-15(2)27(11-5-10-26(3)4)20-19(14)21-24-18(25-28(21)13-23-20)12-29-17-8-6-16(22)7-9-17/h6-9,13H,5,10-12H2,1-4H3. The summed E-state index contributed by atoms with van der Waals surface area (Å²) in [5.74, 6) is 1.35. The van der Waals surface area contributed by atoms with Gasteiger partial charge in [0.15, 0.2) is 11.5 Å². The third-order valence-electron chi connectivity index (χ3n) is 5.16. The number of rotatable bonds is 7. The second-order valence-electron chi connectivity index (χ2n) is 7.50. The van der Waals surface area contributed by atoms with E-state index < -0.39 is 0 Å². The minimum absolute atomic E-state index is 0.284. The second-order valence-corrected chi connectivity index (χ2v) is 7.94. The maximum absolute atomic E-state index is 5.92. The fourth-order valence-corrected chi connectivity index (χ4v) is 3.66. The number of aromatic nitrogens is 5. The Hall–Kier alpha value is -2.64. The van der Waals surface area contributed by atoms with E-state index in [-0.39, 0.29) is 6.61 Å². The number of benzene rings is 1. The fourth-order valence-electron chi connectivity index (χ4n) is 3.53. The Morgan fingerprint density at radius 3 is 2.59 bits per heavy atom. The van der Waals surface area contributed by atoms with Crippen molar-refractivity contribution in [2.24, 2.45) is 0 Å². The van der Waals surface area contributed by atoms with Gasteiger partial charge < -0.3 is 14.2 Å². The van der Waals surface area contributed by atoms with Crippen molar-refractivity contribution in [1.29, 1.82) is 0 Å². The van der Waals surface area contributed by atoms with Crippen LogP contribution >= 0.6 is 11.6 Å². The zero-order chi connectivity index (χ0) is 20.5. The van der Waals surface area contributed by atoms with Crippen LogP contribution in [0.25, 0.3) is 16.7 Å². The van der Waals surface area contributed by atoms with E-state index in [2.05, 4.69) is 47.5 Å². The minimum Gasteiger partial charge on any atom is -0.486 e. The molecule has 0 atom stereocenters. The lowest BCUT2D eigenvalue weighted by molar-refractivity contribution is 0.296. The highest BCUT2D eigenvalue weighted by molar-refractivity contribution is 6.30. The Kier molecular flexibility index (Phi) is 5.43. The second kappa shape index (κ2) is 8.00. The van der Waals surface area contributed by atoms with E-state index in [0.29, 0.717) is 10.8 Å². The van der Waals surface area contributed by atoms with E-state index in [1.807, 2.05) is 12.1 Å². The van der Waals surface area contributed by atoms with Crippen molar-refractivity contribution in [1.82, 2.24) is 29.0 Å². The van der Waals surface area contributed by atoms with Crippen LogP contribution in [-0.2, 0) is 13.2 Å². The topological polar surface area (TPSA) is 60.5 Å². The van der Waals surface area contributed by atoms with Gasteiger partial charge in [-0.05, 0) is 70.7 Å². The number of hydrogen-bond acceptors (Lipinski definition) is 5. The van der Waals surface area contributed by atoms with Gasteiger partial charge in [0.05, 0.1) is 5.39 Å². The van der Waals surface area contributed by atoms with E-state index in [1.165, 1.54) is 11.3 Å². The van der Waals surface area contributed by atoms with Crippen LogP contribution in [0, 0.1) is 13.8 Å². The predicted molar refractivity (Wildman–Crippen MR) is 115 cm³/mol. The quantitative estimate of drug-likeness (QED) is 0.461. The van der Waals surface area contributed by atoms with Crippen LogP contribution in [0.3, 0.4) is 0 Å². The maximum atomic E-state index is 5.92. The van der Waals surface area contributed by atoms with Gasteiger partial charge in [-0.2, -0.15) is 0 Å². The molecule has 0 aliphatic rings. The zero-order valence-electron chi connectivity index (χ0n) is 17.2. The molecule has 0 radical (unpaired) electrons. The molecule has 3 aromatic heterocycles. The Balaban J connectivity index is 1.64. The van der Waals surface area contributed by atoms with Crippen LogP contribution in [0.5, 0.6) is 5.75 Å². The normalized spacial score (nSPS) is 11.8. The monoisotopic (exact) mass is 412 g/mol. The van der Waals surface area contributed by atoms with Crippen LogP contribution in [0.4, 0.5) is 0 Å². The maximum Gasteiger partial charge on any atom is 0.189 e. The molecule has 0 amide bonds. The van der Waals surface area contributed by atoms with E-state index in [4.69, 9.17) is 21.3 Å². The summed E-state index contributed by atoms with van der Waals surface area (Å²) in [5.41, 5.74) is 4.20. The smallest absolute Gasteiger partial charge is 0.189 e. The summed E-state index contributed by atoms with van der Waals surface area (Å²) >= 11 is 5.92. The van der Waals surface area contributed by atoms with E-state index in [0.717, 1.165) is 41.9 Å². The van der Waals surface area contributed by atoms with Crippen molar-refractivity contribution >= 4 is 28.3 Å². The number of nitrogens with zero attached hydrogens (tertiary/aromatic N) is 6. The molecule has 7 nitrogen and oxygen atoms in total. The molecule has 0 saturated carbocycles. The molecule has 8 heteroatoms. The lowest BCUT2D eigenvalue weighted by Gasteiger charge is -2.11.